The monoisotopic (exact) mass is 371 g/mol. The van der Waals surface area contributed by atoms with Crippen LogP contribution in [0.3, 0.4) is 0 Å². The molecule has 3 heterocycles. The molecule has 5 rings (SSSR count). The molecule has 0 radical (unpaired) electrons. The second-order valence-electron chi connectivity index (χ2n) is 7.86. The highest BCUT2D eigenvalue weighted by Gasteiger charge is 2.22. The third-order valence-corrected chi connectivity index (χ3v) is 5.92. The zero-order chi connectivity index (χ0) is 18.9. The first-order chi connectivity index (χ1) is 13.8. The number of rotatable bonds is 4. The Morgan fingerprint density at radius 3 is 2.50 bits per heavy atom. The Bertz CT molecular complexity index is 1090. The predicted octanol–water partition coefficient (Wildman–Crippen LogP) is 4.04. The van der Waals surface area contributed by atoms with Gasteiger partial charge in [-0.25, -0.2) is 4.98 Å². The molecule has 1 aliphatic rings. The fourth-order valence-corrected chi connectivity index (χ4v) is 4.41. The van der Waals surface area contributed by atoms with Crippen LogP contribution in [-0.2, 0) is 13.0 Å². The van der Waals surface area contributed by atoms with Crippen LogP contribution in [0.2, 0.25) is 0 Å². The zero-order valence-corrected chi connectivity index (χ0v) is 16.3. The summed E-state index contributed by atoms with van der Waals surface area (Å²) in [5.74, 6) is 2.72. The number of piperidine rings is 1. The van der Waals surface area contributed by atoms with Gasteiger partial charge in [0.25, 0.3) is 0 Å². The molecule has 0 bridgehead atoms. The van der Waals surface area contributed by atoms with E-state index in [1.54, 1.807) is 0 Å². The fraction of sp³-hybridized carbons (Fsp3) is 0.348. The summed E-state index contributed by atoms with van der Waals surface area (Å²) in [4.78, 5) is 7.26. The Morgan fingerprint density at radius 1 is 0.929 bits per heavy atom. The molecular weight excluding hydrogens is 346 g/mol. The predicted molar refractivity (Wildman–Crippen MR) is 111 cm³/mol. The van der Waals surface area contributed by atoms with Crippen molar-refractivity contribution >= 4 is 16.6 Å². The SMILES string of the molecule is Cc1nc2ccccc2c2nnc(CN3CCC(Cc4ccccc4)CC3)n12. The molecule has 5 nitrogen and oxygen atoms in total. The van der Waals surface area contributed by atoms with E-state index < -0.39 is 0 Å². The Hall–Kier alpha value is -2.79. The lowest BCUT2D eigenvalue weighted by atomic mass is 9.90. The molecule has 0 N–H and O–H groups in total. The molecule has 142 valence electrons. The minimum atomic E-state index is 0.779. The largest absolute Gasteiger partial charge is 0.296 e. The molecule has 28 heavy (non-hydrogen) atoms. The maximum atomic E-state index is 4.75. The van der Waals surface area contributed by atoms with Crippen molar-refractivity contribution in [2.45, 2.75) is 32.7 Å². The molecule has 2 aromatic carbocycles. The van der Waals surface area contributed by atoms with E-state index in [4.69, 9.17) is 4.98 Å². The highest BCUT2D eigenvalue weighted by molar-refractivity contribution is 5.91. The highest BCUT2D eigenvalue weighted by Crippen LogP contribution is 2.24. The first-order valence-corrected chi connectivity index (χ1v) is 10.1. The van der Waals surface area contributed by atoms with Crippen molar-refractivity contribution in [1.29, 1.82) is 0 Å². The van der Waals surface area contributed by atoms with Gasteiger partial charge in [-0.05, 0) is 62.9 Å². The molecule has 1 aliphatic heterocycles. The van der Waals surface area contributed by atoms with Gasteiger partial charge in [0, 0.05) is 5.39 Å². The van der Waals surface area contributed by atoms with E-state index in [-0.39, 0.29) is 0 Å². The van der Waals surface area contributed by atoms with Crippen LogP contribution in [0.1, 0.15) is 30.1 Å². The third kappa shape index (κ3) is 3.27. The third-order valence-electron chi connectivity index (χ3n) is 5.92. The Labute approximate surface area is 165 Å². The molecule has 0 spiro atoms. The minimum Gasteiger partial charge on any atom is -0.296 e. The standard InChI is InChI=1S/C23H25N5/c1-17-24-21-10-6-5-9-20(21)23-26-25-22(28(17)23)16-27-13-11-19(12-14-27)15-18-7-3-2-4-8-18/h2-10,19H,11-16H2,1H3. The van der Waals surface area contributed by atoms with E-state index in [9.17, 15) is 0 Å². The van der Waals surface area contributed by atoms with Gasteiger partial charge in [0.2, 0.25) is 0 Å². The smallest absolute Gasteiger partial charge is 0.171 e. The minimum absolute atomic E-state index is 0.779. The number of para-hydroxylation sites is 1. The number of benzene rings is 2. The zero-order valence-electron chi connectivity index (χ0n) is 16.3. The molecule has 1 saturated heterocycles. The van der Waals surface area contributed by atoms with Crippen molar-refractivity contribution in [3.8, 4) is 0 Å². The van der Waals surface area contributed by atoms with Crippen molar-refractivity contribution in [2.24, 2.45) is 5.92 Å². The molecule has 0 amide bonds. The Kier molecular flexibility index (Phi) is 4.53. The summed E-state index contributed by atoms with van der Waals surface area (Å²) in [5, 5.41) is 10.1. The Balaban J connectivity index is 1.31. The molecule has 5 heteroatoms. The van der Waals surface area contributed by atoms with Crippen LogP contribution in [-0.4, -0.2) is 37.6 Å². The van der Waals surface area contributed by atoms with Gasteiger partial charge in [0.05, 0.1) is 12.1 Å². The normalized spacial score (nSPS) is 16.2. The van der Waals surface area contributed by atoms with Crippen LogP contribution >= 0.6 is 0 Å². The lowest BCUT2D eigenvalue weighted by Crippen LogP contribution is -2.34. The lowest BCUT2D eigenvalue weighted by Gasteiger charge is -2.31. The second-order valence-corrected chi connectivity index (χ2v) is 7.86. The topological polar surface area (TPSA) is 46.3 Å². The maximum Gasteiger partial charge on any atom is 0.171 e. The number of aryl methyl sites for hydroxylation is 1. The van der Waals surface area contributed by atoms with Gasteiger partial charge < -0.3 is 0 Å². The fourth-order valence-electron chi connectivity index (χ4n) is 4.41. The van der Waals surface area contributed by atoms with Gasteiger partial charge >= 0.3 is 0 Å². The second kappa shape index (κ2) is 7.32. The van der Waals surface area contributed by atoms with Crippen molar-refractivity contribution < 1.29 is 0 Å². The van der Waals surface area contributed by atoms with Gasteiger partial charge in [-0.1, -0.05) is 42.5 Å². The number of nitrogens with zero attached hydrogens (tertiary/aromatic N) is 5. The molecular formula is C23H25N5. The maximum absolute atomic E-state index is 4.75. The van der Waals surface area contributed by atoms with Crippen LogP contribution < -0.4 is 0 Å². The summed E-state index contributed by atoms with van der Waals surface area (Å²) in [6.07, 6.45) is 3.68. The molecule has 2 aromatic heterocycles. The van der Waals surface area contributed by atoms with Crippen molar-refractivity contribution in [2.75, 3.05) is 13.1 Å². The van der Waals surface area contributed by atoms with E-state index >= 15 is 0 Å². The molecule has 4 aromatic rings. The first kappa shape index (κ1) is 17.3. The van der Waals surface area contributed by atoms with Crippen molar-refractivity contribution in [3.63, 3.8) is 0 Å². The van der Waals surface area contributed by atoms with E-state index in [1.165, 1.54) is 24.8 Å². The van der Waals surface area contributed by atoms with Gasteiger partial charge in [0.1, 0.15) is 5.82 Å². The number of hydrogen-bond donors (Lipinski definition) is 0. The summed E-state index contributed by atoms with van der Waals surface area (Å²) in [6, 6.07) is 19.0. The molecule has 0 atom stereocenters. The van der Waals surface area contributed by atoms with E-state index in [0.717, 1.165) is 53.8 Å². The Morgan fingerprint density at radius 2 is 1.68 bits per heavy atom. The van der Waals surface area contributed by atoms with Gasteiger partial charge in [0.15, 0.2) is 11.5 Å². The quantitative estimate of drug-likeness (QED) is 0.543. The molecule has 0 unspecified atom stereocenters. The van der Waals surface area contributed by atoms with E-state index in [1.807, 2.05) is 25.1 Å². The average Bonchev–Trinajstić information content (AvgIpc) is 3.15. The number of fused-ring (bicyclic) bond motifs is 3. The summed E-state index contributed by atoms with van der Waals surface area (Å²) >= 11 is 0. The molecule has 1 fully saturated rings. The van der Waals surface area contributed by atoms with Gasteiger partial charge in [-0.3, -0.25) is 9.30 Å². The average molecular weight is 371 g/mol. The van der Waals surface area contributed by atoms with Gasteiger partial charge in [-0.2, -0.15) is 0 Å². The van der Waals surface area contributed by atoms with Crippen LogP contribution in [0.5, 0.6) is 0 Å². The van der Waals surface area contributed by atoms with Crippen LogP contribution in [0, 0.1) is 12.8 Å². The van der Waals surface area contributed by atoms with E-state index in [2.05, 4.69) is 55.9 Å². The summed E-state index contributed by atoms with van der Waals surface area (Å²) in [6.45, 7) is 5.11. The summed E-state index contributed by atoms with van der Waals surface area (Å²) in [5.41, 5.74) is 3.35. The number of hydrogen-bond acceptors (Lipinski definition) is 4. The van der Waals surface area contributed by atoms with Gasteiger partial charge in [-0.15, -0.1) is 10.2 Å². The summed E-state index contributed by atoms with van der Waals surface area (Å²) in [7, 11) is 0. The first-order valence-electron chi connectivity index (χ1n) is 10.1. The van der Waals surface area contributed by atoms with Crippen LogP contribution in [0.4, 0.5) is 0 Å². The summed E-state index contributed by atoms with van der Waals surface area (Å²) < 4.78 is 2.12. The number of likely N-dealkylation sites (tertiary alicyclic amines) is 1. The molecule has 0 saturated carbocycles. The van der Waals surface area contributed by atoms with Crippen molar-refractivity contribution in [1.82, 2.24) is 24.5 Å². The molecule has 0 aliphatic carbocycles. The lowest BCUT2D eigenvalue weighted by molar-refractivity contribution is 0.173. The van der Waals surface area contributed by atoms with E-state index in [0.29, 0.717) is 0 Å². The van der Waals surface area contributed by atoms with Crippen molar-refractivity contribution in [3.05, 3.63) is 71.8 Å². The number of aromatic nitrogens is 4. The van der Waals surface area contributed by atoms with Crippen LogP contribution in [0.15, 0.2) is 54.6 Å². The van der Waals surface area contributed by atoms with Crippen LogP contribution in [0.25, 0.3) is 16.6 Å². The highest BCUT2D eigenvalue weighted by atomic mass is 15.3.